The Morgan fingerprint density at radius 1 is 0.396 bits per heavy atom. The van der Waals surface area contributed by atoms with Crippen LogP contribution in [0.2, 0.25) is 0 Å². The number of phenolic OH excluding ortho intramolecular Hbond substituents is 1. The average Bonchev–Trinajstić information content (AvgIpc) is 1.55. The average molecular weight is 1950 g/mol. The number of carbonyl (C=O) groups excluding carboxylic acids is 15. The van der Waals surface area contributed by atoms with Gasteiger partial charge >= 0.3 is 0 Å². The minimum Gasteiger partial charge on any atom is -0.508 e. The van der Waals surface area contributed by atoms with Crippen molar-refractivity contribution in [3.63, 3.8) is 0 Å². The van der Waals surface area contributed by atoms with Gasteiger partial charge in [-0.25, -0.2) is 15.0 Å². The third kappa shape index (κ3) is 49.8. The van der Waals surface area contributed by atoms with E-state index in [1.165, 1.54) is 115 Å². The molecule has 40 heteroatoms. The maximum Gasteiger partial charge on any atom is 0.224 e. The Hall–Kier alpha value is -12.1. The molecule has 0 aliphatic rings. The Balaban J connectivity index is 0.000000780. The van der Waals surface area contributed by atoms with Crippen molar-refractivity contribution in [1.29, 1.82) is 0 Å². The van der Waals surface area contributed by atoms with Crippen LogP contribution < -0.4 is 77.4 Å². The molecule has 26 N–H and O–H groups in total. The zero-order valence-electron chi connectivity index (χ0n) is 84.0. The first kappa shape index (κ1) is 121. The second-order valence-corrected chi connectivity index (χ2v) is 37.7. The van der Waals surface area contributed by atoms with Gasteiger partial charge in [-0.2, -0.15) is 0 Å². The SMILES string of the molecule is CCCCCCCCCCCCCCCC(=O)N[C@@H](Cc1cnc[nH]1)C(=O)C[C@@H](C)C(=O)N[C@H](C(=O)C[C@@H](Cc1cnc[nH]1)C(=O)N[C@@H](C)C(C)=O)C(C)C.CC[C@@H](Cc1ccc(O)cc1)C(=O)N[C@@H](CCCN=C(N)N)C(=O)C[C@@H](Cc1cnc[nH]1)C(=O)N[C@@H](CCCN=C(N)N)C(=O)C[C@@H](CCCN=C(N)N)C(=O)N[C@@H](CC(C)C)C(=O)C[C@@H](C)C(=O)N[C@@H](CO)C(=O)C[C@H](C(N)=O)[C@@H](C)CC. The number of hydrogen-bond donors (Lipinski definition) is 19. The first-order valence-electron chi connectivity index (χ1n) is 49.6. The summed E-state index contributed by atoms with van der Waals surface area (Å²) in [6, 6.07) is -0.893. The molecule has 0 radical (unpaired) electrons. The van der Waals surface area contributed by atoms with E-state index in [1.807, 2.05) is 27.7 Å². The lowest BCUT2D eigenvalue weighted by molar-refractivity contribution is -0.136. The lowest BCUT2D eigenvalue weighted by Crippen LogP contribution is -2.49. The van der Waals surface area contributed by atoms with Crippen molar-refractivity contribution < 1.29 is 82.1 Å². The summed E-state index contributed by atoms with van der Waals surface area (Å²) in [5, 5.41) is 39.3. The van der Waals surface area contributed by atoms with Gasteiger partial charge in [-0.15, -0.1) is 0 Å². The predicted molar refractivity (Wildman–Crippen MR) is 532 cm³/mol. The first-order chi connectivity index (χ1) is 66.0. The number of hydrogen-bond acceptors (Lipinski definition) is 23. The number of benzene rings is 1. The summed E-state index contributed by atoms with van der Waals surface area (Å²) in [6.45, 7) is 20.5. The number of nitrogens with two attached hydrogens (primary N) is 7. The maximum absolute atomic E-state index is 14.7. The lowest BCUT2D eigenvalue weighted by atomic mass is 9.85. The fourth-order valence-corrected chi connectivity index (χ4v) is 16.1. The molecule has 0 fully saturated rings. The number of aliphatic hydroxyl groups excluding tert-OH is 1. The number of nitrogens with one attached hydrogen (secondary N) is 10. The van der Waals surface area contributed by atoms with Gasteiger partial charge in [0.25, 0.3) is 0 Å². The van der Waals surface area contributed by atoms with Crippen molar-refractivity contribution in [1.82, 2.24) is 67.1 Å². The predicted octanol–water partition coefficient (Wildman–Crippen LogP) is 6.21. The molecule has 0 saturated heterocycles. The summed E-state index contributed by atoms with van der Waals surface area (Å²) in [7, 11) is 0. The molecule has 3 heterocycles. The normalized spacial score (nSPS) is 14.5. The van der Waals surface area contributed by atoms with Crippen molar-refractivity contribution in [2.75, 3.05) is 26.2 Å². The summed E-state index contributed by atoms with van der Waals surface area (Å²) >= 11 is 0. The van der Waals surface area contributed by atoms with Gasteiger partial charge < -0.3 is 103 Å². The fourth-order valence-electron chi connectivity index (χ4n) is 16.1. The van der Waals surface area contributed by atoms with Gasteiger partial charge in [0.2, 0.25) is 47.3 Å². The molecule has 8 amide bonds. The third-order valence-electron chi connectivity index (χ3n) is 24.9. The number of aliphatic hydroxyl groups is 1. The van der Waals surface area contributed by atoms with Crippen LogP contribution in [0.1, 0.15) is 292 Å². The van der Waals surface area contributed by atoms with Crippen LogP contribution in [0.5, 0.6) is 5.75 Å². The largest absolute Gasteiger partial charge is 0.508 e. The van der Waals surface area contributed by atoms with E-state index in [4.69, 9.17) is 40.1 Å². The topological polar surface area (TPSA) is 686 Å². The van der Waals surface area contributed by atoms with Gasteiger partial charge in [-0.1, -0.05) is 165 Å². The van der Waals surface area contributed by atoms with Crippen LogP contribution >= 0.6 is 0 Å². The molecule has 3 aromatic heterocycles. The zero-order valence-corrected chi connectivity index (χ0v) is 84.0. The Morgan fingerprint density at radius 2 is 0.791 bits per heavy atom. The standard InChI is InChI=1S/C57H94N16O11.C42H69N7O6/c1-7-33(5)41(50(58)80)28-49(79)45(30-74)73-51(81)34(6)23-46(76)44(22-32(3)4)72-53(83)37(12-9-19-66-55(59)60)26-47(77)42(13-10-20-67-56(61)62)71-54(84)38(25-39-29-65-31-69-39)27-48(78)43(14-11-21-68-57(63)64)70-52(82)36(8-2)24-35-15-17-40(75)18-16-35;1-7-8-9-10-11-12-13-14-15-16-17-18-19-20-39(53)48-36(24-35-26-44-28-46-35)37(51)21-30(4)41(54)49-40(29(2)3)38(52)23-33(22-34-25-43-27-45-34)42(55)47-31(5)32(6)50/h15-18,29,31-34,36-38,41-45,74-75H,7-14,19-28,30H2,1-6H3,(H2,58,80)(H,65,69)(H,70,82)(H,71,84)(H,72,83)(H,73,81)(H4,59,60,66)(H4,61,62,67)(H4,63,64,68);25-31,33,36,40H,7-24H2,1-6H3,(H,43,45)(H,44,46)(H,47,55)(H,48,53)(H,49,54)/t33-,34+,36-,37+,38+,41-,42-,43-,44-,45-;30-,31+,33-,36+,40+/m01/s1. The molecule has 40 nitrogen and oxygen atoms in total. The number of primary amides is 1. The number of ketones is 7. The number of amides is 8. The molecule has 0 unspecified atom stereocenters. The maximum atomic E-state index is 14.7. The molecule has 1 aromatic carbocycles. The van der Waals surface area contributed by atoms with Gasteiger partial charge in [0.05, 0.1) is 73.7 Å². The van der Waals surface area contributed by atoms with E-state index in [-0.39, 0.29) is 168 Å². The molecule has 15 atom stereocenters. The second-order valence-electron chi connectivity index (χ2n) is 37.7. The number of aliphatic imine (C=N–C) groups is 3. The molecule has 139 heavy (non-hydrogen) atoms. The van der Waals surface area contributed by atoms with Crippen LogP contribution in [-0.4, -0.2) is 214 Å². The van der Waals surface area contributed by atoms with Gasteiger partial charge in [0.1, 0.15) is 11.8 Å². The van der Waals surface area contributed by atoms with Crippen molar-refractivity contribution >= 4 is 106 Å². The number of phenols is 1. The van der Waals surface area contributed by atoms with E-state index < -0.39 is 174 Å². The second kappa shape index (κ2) is 67.2. The molecule has 776 valence electrons. The number of H-pyrrole nitrogens is 3. The molecular formula is C99H163N23O17. The quantitative estimate of drug-likeness (QED) is 0.0133. The molecule has 0 saturated carbocycles. The van der Waals surface area contributed by atoms with E-state index in [0.29, 0.717) is 42.8 Å². The summed E-state index contributed by atoms with van der Waals surface area (Å²) < 4.78 is 0. The molecule has 0 aliphatic heterocycles. The number of nitrogens with zero attached hydrogens (tertiary/aromatic N) is 6. The number of unbranched alkanes of at least 4 members (excludes halogenated alkanes) is 12. The Kier molecular flexibility index (Phi) is 58.5. The van der Waals surface area contributed by atoms with Crippen LogP contribution in [0, 0.1) is 59.2 Å². The number of aromatic hydroxyl groups is 1. The Labute approximate surface area is 818 Å². The van der Waals surface area contributed by atoms with E-state index in [0.717, 1.165) is 24.8 Å². The first-order valence-corrected chi connectivity index (χ1v) is 49.6. The number of aromatic amines is 3. The molecule has 0 aliphatic carbocycles. The number of imidazole rings is 3. The van der Waals surface area contributed by atoms with E-state index in [1.54, 1.807) is 59.1 Å². The molecule has 0 bridgehead atoms. The minimum atomic E-state index is -1.37. The monoisotopic (exact) mass is 1950 g/mol. The van der Waals surface area contributed by atoms with Crippen molar-refractivity contribution in [3.8, 4) is 5.75 Å². The highest BCUT2D eigenvalue weighted by molar-refractivity contribution is 6.00. The summed E-state index contributed by atoms with van der Waals surface area (Å²) in [5.74, 6) is -14.8. The zero-order chi connectivity index (χ0) is 104. The molecular weight excluding hydrogens is 1780 g/mol. The van der Waals surface area contributed by atoms with E-state index in [9.17, 15) is 82.1 Å². The van der Waals surface area contributed by atoms with Crippen LogP contribution in [-0.2, 0) is 97.6 Å². The fraction of sp³-hybridized carbons (Fsp3) is 0.667. The van der Waals surface area contributed by atoms with Gasteiger partial charge in [0, 0.05) is 149 Å². The highest BCUT2D eigenvalue weighted by Gasteiger charge is 2.39. The van der Waals surface area contributed by atoms with Crippen LogP contribution in [0.3, 0.4) is 0 Å². The molecule has 0 spiro atoms. The lowest BCUT2D eigenvalue weighted by Gasteiger charge is -2.27. The smallest absolute Gasteiger partial charge is 0.224 e. The summed E-state index contributed by atoms with van der Waals surface area (Å²) in [4.78, 5) is 237. The number of guanidine groups is 3. The number of Topliss-reactive ketones (excluding diaryl/α,β-unsaturated/α-hetero) is 7. The number of carbonyl (C=O) groups is 15. The van der Waals surface area contributed by atoms with Crippen molar-refractivity contribution in [2.45, 2.75) is 337 Å². The molecule has 4 aromatic rings. The van der Waals surface area contributed by atoms with Crippen LogP contribution in [0.15, 0.2) is 76.8 Å². The van der Waals surface area contributed by atoms with Crippen molar-refractivity contribution in [2.24, 2.45) is 114 Å². The number of aromatic nitrogens is 6. The number of rotatable bonds is 74. The Morgan fingerprint density at radius 3 is 1.22 bits per heavy atom. The third-order valence-corrected chi connectivity index (χ3v) is 24.9. The Bertz CT molecular complexity index is 4490. The van der Waals surface area contributed by atoms with Crippen molar-refractivity contribution in [3.05, 3.63) is 84.5 Å². The highest BCUT2D eigenvalue weighted by atomic mass is 16.3. The molecule has 4 rings (SSSR count). The summed E-state index contributed by atoms with van der Waals surface area (Å²) in [5.41, 5.74) is 41.7. The van der Waals surface area contributed by atoms with E-state index in [2.05, 4.69) is 89.0 Å². The van der Waals surface area contributed by atoms with Crippen LogP contribution in [0.4, 0.5) is 0 Å². The summed E-state index contributed by atoms with van der Waals surface area (Å²) in [6.07, 6.45) is 25.8. The van der Waals surface area contributed by atoms with Crippen LogP contribution in [0.25, 0.3) is 0 Å². The van der Waals surface area contributed by atoms with Gasteiger partial charge in [0.15, 0.2) is 58.4 Å². The van der Waals surface area contributed by atoms with Gasteiger partial charge in [-0.3, -0.25) is 86.9 Å². The van der Waals surface area contributed by atoms with E-state index >= 15 is 0 Å². The van der Waals surface area contributed by atoms with Gasteiger partial charge in [-0.05, 0) is 114 Å². The highest BCUT2D eigenvalue weighted by Crippen LogP contribution is 2.27. The minimum absolute atomic E-state index is 0.0158.